The normalized spacial score (nSPS) is 20.5. The van der Waals surface area contributed by atoms with E-state index in [0.717, 1.165) is 39.1 Å². The topological polar surface area (TPSA) is 64.3 Å². The first-order chi connectivity index (χ1) is 11.1. The average molecular weight is 369 g/mol. The van der Waals surface area contributed by atoms with Crippen LogP contribution in [0.1, 0.15) is 40.9 Å². The summed E-state index contributed by atoms with van der Waals surface area (Å²) >= 11 is 1.55. The molecule has 2 atom stereocenters. The van der Waals surface area contributed by atoms with Gasteiger partial charge in [0.25, 0.3) is 5.91 Å². The molecule has 24 heavy (non-hydrogen) atoms. The van der Waals surface area contributed by atoms with Crippen LogP contribution in [0.4, 0.5) is 0 Å². The summed E-state index contributed by atoms with van der Waals surface area (Å²) < 4.78 is 6.41. The van der Waals surface area contributed by atoms with E-state index in [1.54, 1.807) is 18.4 Å². The Hall–Kier alpha value is -1.30. The highest BCUT2D eigenvalue weighted by molar-refractivity contribution is 7.21. The van der Waals surface area contributed by atoms with Crippen LogP contribution in [0.5, 0.6) is 5.75 Å². The van der Waals surface area contributed by atoms with Gasteiger partial charge in [-0.3, -0.25) is 4.79 Å². The number of methoxy groups -OCH3 is 1. The summed E-state index contributed by atoms with van der Waals surface area (Å²) in [4.78, 5) is 13.5. The maximum Gasteiger partial charge on any atom is 0.261 e. The molecule has 1 aliphatic carbocycles. The Kier molecular flexibility index (Phi) is 6.49. The van der Waals surface area contributed by atoms with Gasteiger partial charge in [-0.05, 0) is 61.4 Å². The monoisotopic (exact) mass is 368 g/mol. The lowest BCUT2D eigenvalue weighted by Crippen LogP contribution is -2.44. The highest BCUT2D eigenvalue weighted by Gasteiger charge is 2.27. The van der Waals surface area contributed by atoms with Crippen molar-refractivity contribution in [3.8, 4) is 5.75 Å². The summed E-state index contributed by atoms with van der Waals surface area (Å²) in [6.45, 7) is 2.65. The summed E-state index contributed by atoms with van der Waals surface area (Å²) in [5.41, 5.74) is 6.90. The van der Waals surface area contributed by atoms with E-state index in [0.29, 0.717) is 12.5 Å². The number of ether oxygens (including phenoxy) is 1. The third kappa shape index (κ3) is 3.68. The molecule has 0 saturated heterocycles. The van der Waals surface area contributed by atoms with Crippen LogP contribution in [0.15, 0.2) is 18.2 Å². The fraction of sp³-hybridized carbons (Fsp3) is 0.500. The molecule has 4 nitrogen and oxygen atoms in total. The Morgan fingerprint density at radius 1 is 1.38 bits per heavy atom. The van der Waals surface area contributed by atoms with Gasteiger partial charge in [0.2, 0.25) is 0 Å². The maximum atomic E-state index is 12.7. The molecule has 1 fully saturated rings. The van der Waals surface area contributed by atoms with Gasteiger partial charge in [0.05, 0.1) is 12.0 Å². The lowest BCUT2D eigenvalue weighted by molar-refractivity contribution is 0.0912. The molecule has 2 aromatic rings. The van der Waals surface area contributed by atoms with Crippen molar-refractivity contribution in [3.63, 3.8) is 0 Å². The fourth-order valence-corrected chi connectivity index (χ4v) is 4.55. The van der Waals surface area contributed by atoms with Crippen LogP contribution in [0.3, 0.4) is 0 Å². The van der Waals surface area contributed by atoms with Gasteiger partial charge in [0, 0.05) is 10.7 Å². The minimum atomic E-state index is 0. The first-order valence-corrected chi connectivity index (χ1v) is 9.03. The number of nitrogens with one attached hydrogen (secondary N) is 1. The summed E-state index contributed by atoms with van der Waals surface area (Å²) in [5, 5.41) is 4.32. The Morgan fingerprint density at radius 3 is 2.83 bits per heavy atom. The second-order valence-corrected chi connectivity index (χ2v) is 7.33. The van der Waals surface area contributed by atoms with E-state index in [9.17, 15) is 4.79 Å². The minimum Gasteiger partial charge on any atom is -0.497 e. The average Bonchev–Trinajstić information content (AvgIpc) is 2.91. The van der Waals surface area contributed by atoms with Crippen molar-refractivity contribution in [1.82, 2.24) is 5.32 Å². The SMILES string of the molecule is COc1ccc2sc(C(=O)NC3CCCCC3CN)c(C)c2c1.Cl. The van der Waals surface area contributed by atoms with Gasteiger partial charge in [0.15, 0.2) is 0 Å². The molecule has 0 spiro atoms. The molecule has 0 bridgehead atoms. The highest BCUT2D eigenvalue weighted by Crippen LogP contribution is 2.34. The van der Waals surface area contributed by atoms with Crippen molar-refractivity contribution in [3.05, 3.63) is 28.6 Å². The van der Waals surface area contributed by atoms with Crippen molar-refractivity contribution in [2.75, 3.05) is 13.7 Å². The van der Waals surface area contributed by atoms with Crippen molar-refractivity contribution >= 4 is 39.7 Å². The molecule has 1 heterocycles. The third-order valence-electron chi connectivity index (χ3n) is 4.88. The van der Waals surface area contributed by atoms with Crippen LogP contribution < -0.4 is 15.8 Å². The zero-order valence-electron chi connectivity index (χ0n) is 14.1. The zero-order valence-corrected chi connectivity index (χ0v) is 15.8. The quantitative estimate of drug-likeness (QED) is 0.860. The number of benzene rings is 1. The van der Waals surface area contributed by atoms with E-state index in [4.69, 9.17) is 10.5 Å². The summed E-state index contributed by atoms with van der Waals surface area (Å²) in [6, 6.07) is 6.17. The molecule has 1 amide bonds. The Bertz CT molecular complexity index is 716. The molecule has 1 aromatic heterocycles. The van der Waals surface area contributed by atoms with Crippen molar-refractivity contribution in [2.24, 2.45) is 11.7 Å². The van der Waals surface area contributed by atoms with Gasteiger partial charge in [0.1, 0.15) is 5.75 Å². The molecule has 1 aromatic carbocycles. The van der Waals surface area contributed by atoms with E-state index in [1.807, 2.05) is 25.1 Å². The minimum absolute atomic E-state index is 0. The largest absolute Gasteiger partial charge is 0.497 e. The number of carbonyl (C=O) groups is 1. The predicted molar refractivity (Wildman–Crippen MR) is 103 cm³/mol. The fourth-order valence-electron chi connectivity index (χ4n) is 3.46. The second-order valence-electron chi connectivity index (χ2n) is 6.28. The van der Waals surface area contributed by atoms with Crippen LogP contribution in [-0.4, -0.2) is 25.6 Å². The van der Waals surface area contributed by atoms with Gasteiger partial charge in [-0.25, -0.2) is 0 Å². The van der Waals surface area contributed by atoms with Gasteiger partial charge in [-0.15, -0.1) is 23.7 Å². The molecular weight excluding hydrogens is 344 g/mol. The number of carbonyl (C=O) groups excluding carboxylic acids is 1. The molecule has 0 aliphatic heterocycles. The Morgan fingerprint density at radius 2 is 2.12 bits per heavy atom. The first kappa shape index (κ1) is 19.0. The number of nitrogens with two attached hydrogens (primary N) is 1. The summed E-state index contributed by atoms with van der Waals surface area (Å²) in [6.07, 6.45) is 4.54. The zero-order chi connectivity index (χ0) is 16.4. The lowest BCUT2D eigenvalue weighted by atomic mass is 9.84. The van der Waals surface area contributed by atoms with Crippen LogP contribution in [-0.2, 0) is 0 Å². The number of hydrogen-bond donors (Lipinski definition) is 2. The molecule has 1 aliphatic rings. The van der Waals surface area contributed by atoms with E-state index >= 15 is 0 Å². The highest BCUT2D eigenvalue weighted by atomic mass is 35.5. The third-order valence-corrected chi connectivity index (χ3v) is 6.15. The summed E-state index contributed by atoms with van der Waals surface area (Å²) in [7, 11) is 1.66. The predicted octanol–water partition coefficient (Wildman–Crippen LogP) is 3.89. The van der Waals surface area contributed by atoms with Crippen molar-refractivity contribution in [2.45, 2.75) is 38.6 Å². The Labute approximate surface area is 153 Å². The van der Waals surface area contributed by atoms with Gasteiger partial charge >= 0.3 is 0 Å². The van der Waals surface area contributed by atoms with Crippen LogP contribution in [0.25, 0.3) is 10.1 Å². The summed E-state index contributed by atoms with van der Waals surface area (Å²) in [5.74, 6) is 1.26. The molecule has 3 rings (SSSR count). The lowest BCUT2D eigenvalue weighted by Gasteiger charge is -2.31. The van der Waals surface area contributed by atoms with Gasteiger partial charge in [-0.2, -0.15) is 0 Å². The number of thiophene rings is 1. The maximum absolute atomic E-state index is 12.7. The van der Waals surface area contributed by atoms with Crippen molar-refractivity contribution in [1.29, 1.82) is 0 Å². The Balaban J connectivity index is 0.00000208. The number of aryl methyl sites for hydroxylation is 1. The van der Waals surface area contributed by atoms with Crippen LogP contribution in [0, 0.1) is 12.8 Å². The molecule has 0 radical (unpaired) electrons. The number of halogens is 1. The molecule has 132 valence electrons. The molecular formula is C18H25ClN2O2S. The number of fused-ring (bicyclic) bond motifs is 1. The second kappa shape index (κ2) is 8.19. The van der Waals surface area contributed by atoms with E-state index in [-0.39, 0.29) is 24.4 Å². The first-order valence-electron chi connectivity index (χ1n) is 8.22. The van der Waals surface area contributed by atoms with E-state index < -0.39 is 0 Å². The molecule has 2 unspecified atom stereocenters. The standard InChI is InChI=1S/C18H24N2O2S.ClH/c1-11-14-9-13(22-2)7-8-16(14)23-17(11)18(21)20-15-6-4-3-5-12(15)10-19;/h7-9,12,15H,3-6,10,19H2,1-2H3,(H,20,21);1H. The number of hydrogen-bond acceptors (Lipinski definition) is 4. The van der Waals surface area contributed by atoms with E-state index in [1.165, 1.54) is 12.8 Å². The van der Waals surface area contributed by atoms with Crippen molar-refractivity contribution < 1.29 is 9.53 Å². The number of rotatable bonds is 4. The van der Waals surface area contributed by atoms with Gasteiger partial charge in [-0.1, -0.05) is 12.8 Å². The van der Waals surface area contributed by atoms with Crippen LogP contribution in [0.2, 0.25) is 0 Å². The smallest absolute Gasteiger partial charge is 0.261 e. The molecule has 3 N–H and O–H groups in total. The molecule has 1 saturated carbocycles. The number of amides is 1. The molecule has 6 heteroatoms. The van der Waals surface area contributed by atoms with Gasteiger partial charge < -0.3 is 15.8 Å². The van der Waals surface area contributed by atoms with E-state index in [2.05, 4.69) is 5.32 Å². The van der Waals surface area contributed by atoms with Crippen LogP contribution >= 0.6 is 23.7 Å².